The molecule has 0 aliphatic rings. The minimum absolute atomic E-state index is 0.443. The van der Waals surface area contributed by atoms with Gasteiger partial charge in [-0.1, -0.05) is 56.0 Å². The Bertz CT molecular complexity index is 749. The van der Waals surface area contributed by atoms with Crippen molar-refractivity contribution in [2.45, 2.75) is 27.2 Å². The van der Waals surface area contributed by atoms with Gasteiger partial charge in [-0.25, -0.2) is 4.98 Å². The lowest BCUT2D eigenvalue weighted by Crippen LogP contribution is -2.04. The molecule has 0 bridgehead atoms. The molecule has 2 aromatic rings. The summed E-state index contributed by atoms with van der Waals surface area (Å²) >= 11 is 0. The summed E-state index contributed by atoms with van der Waals surface area (Å²) in [5.41, 5.74) is 9.50. The van der Waals surface area contributed by atoms with Gasteiger partial charge in [0, 0.05) is 25.0 Å². The highest BCUT2D eigenvalue weighted by Gasteiger charge is 2.10. The lowest BCUT2D eigenvalue weighted by atomic mass is 10.2. The van der Waals surface area contributed by atoms with Crippen LogP contribution in [0, 0.1) is 0 Å². The molecule has 0 fully saturated rings. The minimum Gasteiger partial charge on any atom is -0.396 e. The van der Waals surface area contributed by atoms with Gasteiger partial charge in [0.2, 0.25) is 0 Å². The van der Waals surface area contributed by atoms with Gasteiger partial charge in [0.1, 0.15) is 0 Å². The first-order valence-electron chi connectivity index (χ1n) is 8.36. The van der Waals surface area contributed by atoms with Gasteiger partial charge < -0.3 is 5.73 Å². The third-order valence-electron chi connectivity index (χ3n) is 3.51. The Hall–Kier alpha value is -2.88. The van der Waals surface area contributed by atoms with E-state index in [-0.39, 0.29) is 0 Å². The topological polar surface area (TPSA) is 56.2 Å². The molecule has 4 nitrogen and oxygen atoms in total. The minimum atomic E-state index is 0.443. The molecule has 0 amide bonds. The number of nitrogens with two attached hydrogens (primary N) is 1. The number of hydrogen-bond acceptors (Lipinski definition) is 3. The zero-order valence-electron chi connectivity index (χ0n) is 15.6. The molecule has 0 aliphatic heterocycles. The van der Waals surface area contributed by atoms with E-state index in [9.17, 15) is 0 Å². The third-order valence-corrected chi connectivity index (χ3v) is 3.51. The zero-order chi connectivity index (χ0) is 18.7. The molecule has 1 heterocycles. The van der Waals surface area contributed by atoms with Crippen LogP contribution < -0.4 is 5.73 Å². The SMILES string of the molecule is C=C(N)c1ncc(/C(C=NC)=C/C)n1/C=C\C.CCc1ccccc1. The molecular formula is C21H28N4. The molecule has 25 heavy (non-hydrogen) atoms. The van der Waals surface area contributed by atoms with E-state index >= 15 is 0 Å². The maximum absolute atomic E-state index is 5.71. The third kappa shape index (κ3) is 5.92. The molecule has 0 radical (unpaired) electrons. The highest BCUT2D eigenvalue weighted by atomic mass is 15.1. The summed E-state index contributed by atoms with van der Waals surface area (Å²) in [5, 5.41) is 0. The number of benzene rings is 1. The van der Waals surface area contributed by atoms with Crippen LogP contribution in [0.1, 0.15) is 37.9 Å². The Morgan fingerprint density at radius 2 is 1.96 bits per heavy atom. The number of rotatable bonds is 5. The largest absolute Gasteiger partial charge is 0.396 e. The number of aryl methyl sites for hydroxylation is 1. The summed E-state index contributed by atoms with van der Waals surface area (Å²) < 4.78 is 1.90. The standard InChI is InChI=1S/C13H18N4.C8H10/c1-5-7-17-12(11(6-2)8-15-4)9-16-13(17)10(3)14;1-2-8-6-4-3-5-7-8/h5-9H,3,14H2,1-2,4H3;3-7H,2H2,1H3/b7-5-,11-6+,15-8?;. The lowest BCUT2D eigenvalue weighted by Gasteiger charge is -2.06. The summed E-state index contributed by atoms with van der Waals surface area (Å²) in [4.78, 5) is 8.30. The van der Waals surface area contributed by atoms with E-state index in [4.69, 9.17) is 5.73 Å². The van der Waals surface area contributed by atoms with Crippen molar-refractivity contribution in [3.63, 3.8) is 0 Å². The van der Waals surface area contributed by atoms with Crippen LogP contribution in [0.25, 0.3) is 17.5 Å². The smallest absolute Gasteiger partial charge is 0.159 e. The molecule has 0 unspecified atom stereocenters. The van der Waals surface area contributed by atoms with E-state index in [2.05, 4.69) is 47.7 Å². The van der Waals surface area contributed by atoms with Crippen LogP contribution in [0.5, 0.6) is 0 Å². The van der Waals surface area contributed by atoms with Crippen molar-refractivity contribution in [3.05, 3.63) is 72.3 Å². The first-order chi connectivity index (χ1) is 12.1. The van der Waals surface area contributed by atoms with Gasteiger partial charge in [0.25, 0.3) is 0 Å². The van der Waals surface area contributed by atoms with Crippen molar-refractivity contribution < 1.29 is 0 Å². The van der Waals surface area contributed by atoms with Gasteiger partial charge in [-0.05, 0) is 25.8 Å². The molecule has 2 rings (SSSR count). The van der Waals surface area contributed by atoms with E-state index in [0.29, 0.717) is 11.5 Å². The Kier molecular flexibility index (Phi) is 8.72. The Labute approximate surface area is 151 Å². The Balaban J connectivity index is 0.000000324. The van der Waals surface area contributed by atoms with Crippen molar-refractivity contribution in [3.8, 4) is 0 Å². The fraction of sp³-hybridized carbons (Fsp3) is 0.238. The van der Waals surface area contributed by atoms with Crippen LogP contribution in [-0.2, 0) is 6.42 Å². The number of allylic oxidation sites excluding steroid dienone is 3. The summed E-state index contributed by atoms with van der Waals surface area (Å²) in [7, 11) is 1.74. The fourth-order valence-corrected chi connectivity index (χ4v) is 2.25. The van der Waals surface area contributed by atoms with Crippen molar-refractivity contribution in [1.82, 2.24) is 9.55 Å². The lowest BCUT2D eigenvalue weighted by molar-refractivity contribution is 1.07. The summed E-state index contributed by atoms with van der Waals surface area (Å²) in [6.45, 7) is 9.78. The second-order valence-electron chi connectivity index (χ2n) is 5.32. The van der Waals surface area contributed by atoms with Gasteiger partial charge in [-0.2, -0.15) is 0 Å². The number of aliphatic imine (C=N–C) groups is 1. The van der Waals surface area contributed by atoms with Crippen LogP contribution in [0.2, 0.25) is 0 Å². The molecule has 0 saturated heterocycles. The van der Waals surface area contributed by atoms with E-state index in [1.807, 2.05) is 42.8 Å². The molecule has 0 atom stereocenters. The molecule has 0 saturated carbocycles. The first-order valence-corrected chi connectivity index (χ1v) is 8.36. The highest BCUT2D eigenvalue weighted by molar-refractivity contribution is 6.09. The van der Waals surface area contributed by atoms with Gasteiger partial charge in [0.05, 0.1) is 17.6 Å². The quantitative estimate of drug-likeness (QED) is 0.808. The van der Waals surface area contributed by atoms with E-state index in [1.54, 1.807) is 19.5 Å². The van der Waals surface area contributed by atoms with E-state index < -0.39 is 0 Å². The molecule has 4 heteroatoms. The summed E-state index contributed by atoms with van der Waals surface area (Å²) in [6.07, 6.45) is 10.5. The van der Waals surface area contributed by atoms with Crippen molar-refractivity contribution >= 4 is 23.7 Å². The number of nitrogens with zero attached hydrogens (tertiary/aromatic N) is 3. The average Bonchev–Trinajstić information content (AvgIpc) is 3.05. The van der Waals surface area contributed by atoms with Crippen molar-refractivity contribution in [2.24, 2.45) is 10.7 Å². The molecule has 1 aromatic carbocycles. The monoisotopic (exact) mass is 336 g/mol. The summed E-state index contributed by atoms with van der Waals surface area (Å²) in [5.74, 6) is 0.655. The van der Waals surface area contributed by atoms with Crippen molar-refractivity contribution in [2.75, 3.05) is 7.05 Å². The van der Waals surface area contributed by atoms with Crippen LogP contribution in [0.15, 0.2) is 60.3 Å². The van der Waals surface area contributed by atoms with Crippen LogP contribution in [-0.4, -0.2) is 22.8 Å². The normalized spacial score (nSPS) is 11.6. The highest BCUT2D eigenvalue weighted by Crippen LogP contribution is 2.18. The van der Waals surface area contributed by atoms with Crippen molar-refractivity contribution in [1.29, 1.82) is 0 Å². The van der Waals surface area contributed by atoms with Crippen LogP contribution in [0.3, 0.4) is 0 Å². The van der Waals surface area contributed by atoms with Gasteiger partial charge in [-0.3, -0.25) is 9.56 Å². The molecule has 2 N–H and O–H groups in total. The van der Waals surface area contributed by atoms with Crippen LogP contribution >= 0.6 is 0 Å². The Morgan fingerprint density at radius 3 is 2.40 bits per heavy atom. The maximum Gasteiger partial charge on any atom is 0.159 e. The fourth-order valence-electron chi connectivity index (χ4n) is 2.25. The van der Waals surface area contributed by atoms with Gasteiger partial charge >= 0.3 is 0 Å². The second kappa shape index (κ2) is 10.8. The number of aromatic nitrogens is 2. The zero-order valence-corrected chi connectivity index (χ0v) is 15.6. The average molecular weight is 336 g/mol. The molecule has 1 aromatic heterocycles. The number of hydrogen-bond donors (Lipinski definition) is 1. The first kappa shape index (κ1) is 20.2. The Morgan fingerprint density at radius 1 is 1.28 bits per heavy atom. The molecular weight excluding hydrogens is 308 g/mol. The predicted octanol–water partition coefficient (Wildman–Crippen LogP) is 4.66. The molecule has 0 aliphatic carbocycles. The summed E-state index contributed by atoms with van der Waals surface area (Å²) in [6, 6.07) is 10.5. The second-order valence-corrected chi connectivity index (χ2v) is 5.32. The molecule has 0 spiro atoms. The van der Waals surface area contributed by atoms with Gasteiger partial charge in [-0.15, -0.1) is 0 Å². The van der Waals surface area contributed by atoms with Crippen LogP contribution in [0.4, 0.5) is 0 Å². The molecule has 132 valence electrons. The van der Waals surface area contributed by atoms with E-state index in [1.165, 1.54) is 5.56 Å². The van der Waals surface area contributed by atoms with E-state index in [0.717, 1.165) is 17.7 Å². The maximum atomic E-state index is 5.71. The number of imidazole rings is 1. The van der Waals surface area contributed by atoms with Gasteiger partial charge in [0.15, 0.2) is 5.82 Å². The predicted molar refractivity (Wildman–Crippen MR) is 110 cm³/mol.